The summed E-state index contributed by atoms with van der Waals surface area (Å²) in [4.78, 5) is 25.2. The molecule has 0 N–H and O–H groups in total. The molecule has 1 atom stereocenters. The summed E-state index contributed by atoms with van der Waals surface area (Å²) in [6.45, 7) is 2.90. The second-order valence-electron chi connectivity index (χ2n) is 6.04. The monoisotopic (exact) mass is 378 g/mol. The molecule has 1 amide bonds. The van der Waals surface area contributed by atoms with E-state index in [4.69, 9.17) is 4.42 Å². The van der Waals surface area contributed by atoms with Crippen LogP contribution in [0.2, 0.25) is 0 Å². The van der Waals surface area contributed by atoms with E-state index in [1.165, 1.54) is 49.4 Å². The molecular weight excluding hydrogens is 356 g/mol. The van der Waals surface area contributed by atoms with Crippen molar-refractivity contribution in [1.29, 1.82) is 0 Å². The minimum atomic E-state index is -3.84. The number of likely N-dealkylation sites (N-methyl/N-ethyl adjacent to an activating group) is 2. The molecule has 2 rings (SSSR count). The Balaban J connectivity index is 2.10. The van der Waals surface area contributed by atoms with Crippen LogP contribution in [0.3, 0.4) is 0 Å². The summed E-state index contributed by atoms with van der Waals surface area (Å²) in [7, 11) is -0.899. The van der Waals surface area contributed by atoms with Gasteiger partial charge < -0.3 is 9.32 Å². The Kier molecular flexibility index (Phi) is 5.99. The number of carbonyl (C=O) groups is 2. The van der Waals surface area contributed by atoms with E-state index in [-0.39, 0.29) is 29.2 Å². The van der Waals surface area contributed by atoms with Gasteiger partial charge in [0.15, 0.2) is 5.78 Å². The maximum absolute atomic E-state index is 12.6. The molecule has 0 fully saturated rings. The van der Waals surface area contributed by atoms with Crippen LogP contribution >= 0.6 is 0 Å². The predicted octanol–water partition coefficient (Wildman–Crippen LogP) is 2.32. The normalized spacial score (nSPS) is 12.8. The molecule has 0 saturated carbocycles. The Bertz CT molecular complexity index is 873. The van der Waals surface area contributed by atoms with E-state index < -0.39 is 10.0 Å². The Morgan fingerprint density at radius 3 is 2.23 bits per heavy atom. The lowest BCUT2D eigenvalue weighted by Gasteiger charge is -2.26. The minimum Gasteiger partial charge on any atom is -0.467 e. The van der Waals surface area contributed by atoms with E-state index in [9.17, 15) is 18.0 Å². The van der Waals surface area contributed by atoms with Crippen molar-refractivity contribution in [1.82, 2.24) is 9.21 Å². The molecule has 0 aliphatic rings. The number of carbonyl (C=O) groups excluding carboxylic acids is 2. The molecule has 7 nitrogen and oxygen atoms in total. The fourth-order valence-electron chi connectivity index (χ4n) is 2.36. The molecule has 0 spiro atoms. The lowest BCUT2D eigenvalue weighted by Crippen LogP contribution is -2.40. The van der Waals surface area contributed by atoms with Crippen LogP contribution in [0.4, 0.5) is 0 Å². The van der Waals surface area contributed by atoms with Gasteiger partial charge in [-0.1, -0.05) is 12.1 Å². The van der Waals surface area contributed by atoms with E-state index in [0.717, 1.165) is 4.31 Å². The van der Waals surface area contributed by atoms with Gasteiger partial charge in [-0.15, -0.1) is 0 Å². The smallest absolute Gasteiger partial charge is 0.243 e. The average molecular weight is 378 g/mol. The van der Waals surface area contributed by atoms with Gasteiger partial charge >= 0.3 is 0 Å². The molecule has 1 unspecified atom stereocenters. The molecule has 8 heteroatoms. The predicted molar refractivity (Wildman–Crippen MR) is 96.2 cm³/mol. The van der Waals surface area contributed by atoms with Crippen LogP contribution in [0.15, 0.2) is 52.0 Å². The Morgan fingerprint density at radius 2 is 1.73 bits per heavy atom. The maximum atomic E-state index is 12.6. The molecule has 0 aliphatic heterocycles. The molecule has 1 aromatic heterocycles. The zero-order valence-electron chi connectivity index (χ0n) is 15.2. The number of benzene rings is 1. The first-order valence-electron chi connectivity index (χ1n) is 8.01. The SMILES string of the molecule is CC(=O)c1ccc(S(=O)(=O)N(C)CC(=O)N(C)C(C)c2ccco2)cc1. The van der Waals surface area contributed by atoms with Crippen molar-refractivity contribution in [2.45, 2.75) is 24.8 Å². The highest BCUT2D eigenvalue weighted by molar-refractivity contribution is 7.89. The molecule has 0 saturated heterocycles. The Labute approximate surface area is 153 Å². The highest BCUT2D eigenvalue weighted by Crippen LogP contribution is 2.20. The zero-order valence-corrected chi connectivity index (χ0v) is 16.0. The number of rotatable bonds is 7. The molecular formula is C18H22N2O5S. The Hall–Kier alpha value is -2.45. The lowest BCUT2D eigenvalue weighted by molar-refractivity contribution is -0.132. The van der Waals surface area contributed by atoms with E-state index in [1.807, 2.05) is 0 Å². The van der Waals surface area contributed by atoms with Crippen LogP contribution < -0.4 is 0 Å². The van der Waals surface area contributed by atoms with Gasteiger partial charge in [0.25, 0.3) is 0 Å². The summed E-state index contributed by atoms with van der Waals surface area (Å²) in [5.74, 6) is 0.109. The first-order valence-corrected chi connectivity index (χ1v) is 9.45. The highest BCUT2D eigenvalue weighted by atomic mass is 32.2. The standard InChI is InChI=1S/C18H22N2O5S/c1-13(17-6-5-11-25-17)20(4)18(22)12-19(3)26(23,24)16-9-7-15(8-10-16)14(2)21/h5-11,13H,12H2,1-4H3. The summed E-state index contributed by atoms with van der Waals surface area (Å²) in [5.41, 5.74) is 0.426. The number of amides is 1. The first kappa shape index (κ1) is 19.9. The molecule has 0 aliphatic carbocycles. The number of ketones is 1. The van der Waals surface area contributed by atoms with Crippen molar-refractivity contribution in [3.05, 3.63) is 54.0 Å². The lowest BCUT2D eigenvalue weighted by atomic mass is 10.2. The van der Waals surface area contributed by atoms with Gasteiger partial charge in [-0.3, -0.25) is 9.59 Å². The summed E-state index contributed by atoms with van der Waals surface area (Å²) < 4.78 is 31.5. The van der Waals surface area contributed by atoms with Gasteiger partial charge in [-0.05, 0) is 38.1 Å². The van der Waals surface area contributed by atoms with Crippen LogP contribution in [-0.2, 0) is 14.8 Å². The topological polar surface area (TPSA) is 87.9 Å². The maximum Gasteiger partial charge on any atom is 0.243 e. The Morgan fingerprint density at radius 1 is 1.12 bits per heavy atom. The second-order valence-corrected chi connectivity index (χ2v) is 8.08. The van der Waals surface area contributed by atoms with Gasteiger partial charge in [-0.2, -0.15) is 4.31 Å². The molecule has 1 heterocycles. The second kappa shape index (κ2) is 7.84. The largest absolute Gasteiger partial charge is 0.467 e. The molecule has 26 heavy (non-hydrogen) atoms. The third-order valence-corrected chi connectivity index (χ3v) is 6.07. The minimum absolute atomic E-state index is 0.0273. The fourth-order valence-corrected chi connectivity index (χ4v) is 3.48. The van der Waals surface area contributed by atoms with Crippen LogP contribution in [0.1, 0.15) is 36.0 Å². The van der Waals surface area contributed by atoms with Crippen molar-refractivity contribution in [3.8, 4) is 0 Å². The van der Waals surface area contributed by atoms with Crippen LogP contribution in [0, 0.1) is 0 Å². The van der Waals surface area contributed by atoms with E-state index in [1.54, 1.807) is 26.1 Å². The van der Waals surface area contributed by atoms with Gasteiger partial charge in [0.2, 0.25) is 15.9 Å². The number of hydrogen-bond donors (Lipinski definition) is 0. The average Bonchev–Trinajstić information content (AvgIpc) is 3.14. The summed E-state index contributed by atoms with van der Waals surface area (Å²) in [6.07, 6.45) is 1.52. The fraction of sp³-hybridized carbons (Fsp3) is 0.333. The molecule has 1 aromatic carbocycles. The summed E-state index contributed by atoms with van der Waals surface area (Å²) in [6, 6.07) is 8.80. The van der Waals surface area contributed by atoms with Gasteiger partial charge in [0, 0.05) is 19.7 Å². The van der Waals surface area contributed by atoms with E-state index in [2.05, 4.69) is 0 Å². The van der Waals surface area contributed by atoms with Crippen LogP contribution in [0.25, 0.3) is 0 Å². The number of Topliss-reactive ketones (excluding diaryl/α,β-unsaturated/α-hetero) is 1. The third kappa shape index (κ3) is 4.20. The number of furan rings is 1. The number of sulfonamides is 1. The number of hydrogen-bond acceptors (Lipinski definition) is 5. The summed E-state index contributed by atoms with van der Waals surface area (Å²) >= 11 is 0. The van der Waals surface area contributed by atoms with Gasteiger partial charge in [-0.25, -0.2) is 8.42 Å². The van der Waals surface area contributed by atoms with E-state index in [0.29, 0.717) is 11.3 Å². The zero-order chi connectivity index (χ0) is 19.5. The number of nitrogens with zero attached hydrogens (tertiary/aromatic N) is 2. The van der Waals surface area contributed by atoms with Gasteiger partial charge in [0.1, 0.15) is 5.76 Å². The summed E-state index contributed by atoms with van der Waals surface area (Å²) in [5, 5.41) is 0. The van der Waals surface area contributed by atoms with Crippen molar-refractivity contribution in [3.63, 3.8) is 0 Å². The molecule has 0 radical (unpaired) electrons. The van der Waals surface area contributed by atoms with Crippen molar-refractivity contribution in [2.24, 2.45) is 0 Å². The van der Waals surface area contributed by atoms with Crippen molar-refractivity contribution >= 4 is 21.7 Å². The van der Waals surface area contributed by atoms with Crippen molar-refractivity contribution < 1.29 is 22.4 Å². The van der Waals surface area contributed by atoms with Gasteiger partial charge in [0.05, 0.1) is 23.7 Å². The first-order chi connectivity index (χ1) is 12.1. The van der Waals surface area contributed by atoms with E-state index >= 15 is 0 Å². The molecule has 0 bridgehead atoms. The highest BCUT2D eigenvalue weighted by Gasteiger charge is 2.26. The van der Waals surface area contributed by atoms with Crippen LogP contribution in [0.5, 0.6) is 0 Å². The molecule has 140 valence electrons. The van der Waals surface area contributed by atoms with Crippen molar-refractivity contribution in [2.75, 3.05) is 20.6 Å². The quantitative estimate of drug-likeness (QED) is 0.690. The van der Waals surface area contributed by atoms with Crippen LogP contribution in [-0.4, -0.2) is 50.0 Å². The molecule has 2 aromatic rings. The third-order valence-electron chi connectivity index (χ3n) is 4.26.